The molecule has 2 atom stereocenters. The zero-order chi connectivity index (χ0) is 14.0. The second kappa shape index (κ2) is 5.51. The Morgan fingerprint density at radius 2 is 2.11 bits per heavy atom. The zero-order valence-corrected chi connectivity index (χ0v) is 12.1. The van der Waals surface area contributed by atoms with Gasteiger partial charge in [0.1, 0.15) is 5.75 Å². The molecule has 0 spiro atoms. The van der Waals surface area contributed by atoms with Gasteiger partial charge in [-0.3, -0.25) is 0 Å². The molecule has 0 saturated heterocycles. The molecule has 19 heavy (non-hydrogen) atoms. The molecular formula is C16H25NO2. The van der Waals surface area contributed by atoms with Gasteiger partial charge < -0.3 is 15.5 Å². The predicted molar refractivity (Wildman–Crippen MR) is 77.3 cm³/mol. The number of phenols is 1. The van der Waals surface area contributed by atoms with Gasteiger partial charge in [0.05, 0.1) is 6.10 Å². The third kappa shape index (κ3) is 3.95. The number of fused-ring (bicyclic) bond motifs is 1. The Bertz CT molecular complexity index is 437. The summed E-state index contributed by atoms with van der Waals surface area (Å²) < 4.78 is 0. The lowest BCUT2D eigenvalue weighted by atomic mass is 9.89. The van der Waals surface area contributed by atoms with Crippen LogP contribution in [-0.2, 0) is 6.42 Å². The number of nitrogens with one attached hydrogen (secondary N) is 1. The highest BCUT2D eigenvalue weighted by atomic mass is 16.3. The van der Waals surface area contributed by atoms with Crippen molar-refractivity contribution in [2.45, 2.75) is 52.2 Å². The summed E-state index contributed by atoms with van der Waals surface area (Å²) in [4.78, 5) is 0. The smallest absolute Gasteiger partial charge is 0.115 e. The topological polar surface area (TPSA) is 52.5 Å². The van der Waals surface area contributed by atoms with E-state index in [1.165, 1.54) is 11.1 Å². The highest BCUT2D eigenvalue weighted by Gasteiger charge is 2.24. The molecule has 2 rings (SSSR count). The lowest BCUT2D eigenvalue weighted by molar-refractivity contribution is 0.116. The van der Waals surface area contributed by atoms with Crippen LogP contribution in [0.3, 0.4) is 0 Å². The van der Waals surface area contributed by atoms with Crippen molar-refractivity contribution in [3.8, 4) is 5.75 Å². The monoisotopic (exact) mass is 263 g/mol. The van der Waals surface area contributed by atoms with Crippen molar-refractivity contribution in [3.63, 3.8) is 0 Å². The highest BCUT2D eigenvalue weighted by Crippen LogP contribution is 2.33. The number of aromatic hydroxyl groups is 1. The van der Waals surface area contributed by atoms with E-state index in [9.17, 15) is 10.2 Å². The second-order valence-corrected chi connectivity index (χ2v) is 6.80. The van der Waals surface area contributed by atoms with Crippen molar-refractivity contribution in [3.05, 3.63) is 29.3 Å². The van der Waals surface area contributed by atoms with Crippen molar-refractivity contribution >= 4 is 0 Å². The van der Waals surface area contributed by atoms with E-state index in [2.05, 4.69) is 26.1 Å². The summed E-state index contributed by atoms with van der Waals surface area (Å²) in [5, 5.41) is 23.0. The number of phenolic OH excluding ortho intramolecular Hbond substituents is 1. The first-order valence-corrected chi connectivity index (χ1v) is 7.08. The van der Waals surface area contributed by atoms with Crippen LogP contribution in [0.15, 0.2) is 18.2 Å². The molecule has 0 radical (unpaired) electrons. The van der Waals surface area contributed by atoms with Crippen LogP contribution in [0.2, 0.25) is 0 Å². The maximum Gasteiger partial charge on any atom is 0.115 e. The maximum atomic E-state index is 10.0. The molecule has 106 valence electrons. The van der Waals surface area contributed by atoms with Crippen LogP contribution in [0.5, 0.6) is 5.75 Å². The van der Waals surface area contributed by atoms with E-state index in [-0.39, 0.29) is 11.5 Å². The van der Waals surface area contributed by atoms with Crippen LogP contribution >= 0.6 is 0 Å². The Hall–Kier alpha value is -1.06. The first-order chi connectivity index (χ1) is 8.85. The molecule has 1 aromatic carbocycles. The van der Waals surface area contributed by atoms with E-state index in [0.29, 0.717) is 18.3 Å². The summed E-state index contributed by atoms with van der Waals surface area (Å²) >= 11 is 0. The van der Waals surface area contributed by atoms with E-state index >= 15 is 0 Å². The molecule has 0 aromatic heterocycles. The van der Waals surface area contributed by atoms with Gasteiger partial charge in [-0.15, -0.1) is 0 Å². The van der Waals surface area contributed by atoms with E-state index < -0.39 is 0 Å². The first kappa shape index (κ1) is 14.4. The fourth-order valence-electron chi connectivity index (χ4n) is 2.87. The molecule has 0 saturated carbocycles. The van der Waals surface area contributed by atoms with Gasteiger partial charge in [-0.1, -0.05) is 26.8 Å². The number of aliphatic hydroxyl groups excluding tert-OH is 1. The van der Waals surface area contributed by atoms with Crippen LogP contribution < -0.4 is 5.32 Å². The number of hydrogen-bond donors (Lipinski definition) is 3. The third-order valence-electron chi connectivity index (χ3n) is 3.65. The minimum atomic E-state index is -0.304. The Balaban J connectivity index is 1.89. The van der Waals surface area contributed by atoms with E-state index in [1.54, 1.807) is 6.07 Å². The Morgan fingerprint density at radius 3 is 2.79 bits per heavy atom. The van der Waals surface area contributed by atoms with Crippen molar-refractivity contribution in [1.29, 1.82) is 0 Å². The van der Waals surface area contributed by atoms with E-state index in [1.807, 2.05) is 12.1 Å². The molecule has 2 unspecified atom stereocenters. The quantitative estimate of drug-likeness (QED) is 0.783. The Labute approximate surface area is 115 Å². The SMILES string of the molecule is CC(C)(C)CC(O)CNC1CCc2cc(O)ccc21. The van der Waals surface area contributed by atoms with Crippen molar-refractivity contribution in [2.75, 3.05) is 6.54 Å². The Kier molecular flexibility index (Phi) is 4.16. The van der Waals surface area contributed by atoms with Gasteiger partial charge in [0.25, 0.3) is 0 Å². The molecular weight excluding hydrogens is 238 g/mol. The summed E-state index contributed by atoms with van der Waals surface area (Å²) in [5.74, 6) is 0.340. The zero-order valence-electron chi connectivity index (χ0n) is 12.1. The normalized spacial score (nSPS) is 20.3. The fraction of sp³-hybridized carbons (Fsp3) is 0.625. The second-order valence-electron chi connectivity index (χ2n) is 6.80. The average Bonchev–Trinajstić information content (AvgIpc) is 2.66. The molecule has 0 bridgehead atoms. The molecule has 1 aliphatic carbocycles. The minimum absolute atomic E-state index is 0.153. The summed E-state index contributed by atoms with van der Waals surface area (Å²) in [5.41, 5.74) is 2.64. The van der Waals surface area contributed by atoms with Crippen molar-refractivity contribution in [1.82, 2.24) is 5.32 Å². The van der Waals surface area contributed by atoms with Gasteiger partial charge in [0, 0.05) is 12.6 Å². The van der Waals surface area contributed by atoms with E-state index in [4.69, 9.17) is 0 Å². The van der Waals surface area contributed by atoms with Gasteiger partial charge in [-0.25, -0.2) is 0 Å². The van der Waals surface area contributed by atoms with Crippen molar-refractivity contribution in [2.24, 2.45) is 5.41 Å². The largest absolute Gasteiger partial charge is 0.508 e. The summed E-state index contributed by atoms with van der Waals surface area (Å²) in [6, 6.07) is 5.89. The number of aliphatic hydroxyl groups is 1. The van der Waals surface area contributed by atoms with Gasteiger partial charge in [0.15, 0.2) is 0 Å². The molecule has 3 N–H and O–H groups in total. The molecule has 0 heterocycles. The van der Waals surface area contributed by atoms with Gasteiger partial charge in [0.2, 0.25) is 0 Å². The van der Waals surface area contributed by atoms with Gasteiger partial charge >= 0.3 is 0 Å². The molecule has 1 aliphatic rings. The van der Waals surface area contributed by atoms with Crippen LogP contribution in [0.25, 0.3) is 0 Å². The summed E-state index contributed by atoms with van der Waals surface area (Å²) in [6.45, 7) is 7.06. The molecule has 0 aliphatic heterocycles. The summed E-state index contributed by atoms with van der Waals surface area (Å²) in [6.07, 6.45) is 2.54. The molecule has 1 aromatic rings. The van der Waals surface area contributed by atoms with E-state index in [0.717, 1.165) is 19.3 Å². The molecule has 0 amide bonds. The van der Waals surface area contributed by atoms with Crippen LogP contribution in [0, 0.1) is 5.41 Å². The average molecular weight is 263 g/mol. The standard InChI is InChI=1S/C16H25NO2/c1-16(2,3)9-13(19)10-17-15-7-4-11-8-12(18)5-6-14(11)15/h5-6,8,13,15,17-19H,4,7,9-10H2,1-3H3. The molecule has 3 nitrogen and oxygen atoms in total. The fourth-order valence-corrected chi connectivity index (χ4v) is 2.87. The number of hydrogen-bond acceptors (Lipinski definition) is 3. The lowest BCUT2D eigenvalue weighted by Crippen LogP contribution is -2.32. The molecule has 0 fully saturated rings. The van der Waals surface area contributed by atoms with Crippen LogP contribution in [0.4, 0.5) is 0 Å². The third-order valence-corrected chi connectivity index (χ3v) is 3.65. The maximum absolute atomic E-state index is 10.0. The van der Waals surface area contributed by atoms with Crippen molar-refractivity contribution < 1.29 is 10.2 Å². The lowest BCUT2D eigenvalue weighted by Gasteiger charge is -2.24. The first-order valence-electron chi connectivity index (χ1n) is 7.08. The molecule has 3 heteroatoms. The predicted octanol–water partition coefficient (Wildman–Crippen LogP) is 2.77. The number of benzene rings is 1. The van der Waals surface area contributed by atoms with Gasteiger partial charge in [-0.05, 0) is 47.9 Å². The summed E-state index contributed by atoms with van der Waals surface area (Å²) in [7, 11) is 0. The minimum Gasteiger partial charge on any atom is -0.508 e. The highest BCUT2D eigenvalue weighted by molar-refractivity contribution is 5.40. The van der Waals surface area contributed by atoms with Crippen LogP contribution in [-0.4, -0.2) is 22.9 Å². The van der Waals surface area contributed by atoms with Crippen LogP contribution in [0.1, 0.15) is 50.8 Å². The number of rotatable bonds is 4. The Morgan fingerprint density at radius 1 is 1.37 bits per heavy atom. The number of aryl methyl sites for hydroxylation is 1. The van der Waals surface area contributed by atoms with Gasteiger partial charge in [-0.2, -0.15) is 0 Å².